The molecule has 1 fully saturated rings. The van der Waals surface area contributed by atoms with E-state index in [1.165, 1.54) is 0 Å². The van der Waals surface area contributed by atoms with E-state index < -0.39 is 0 Å². The van der Waals surface area contributed by atoms with E-state index in [-0.39, 0.29) is 0 Å². The molecule has 6 heteroatoms. The lowest BCUT2D eigenvalue weighted by Gasteiger charge is -2.16. The number of nitrogens with zero attached hydrogens (tertiary/aromatic N) is 6. The van der Waals surface area contributed by atoms with Crippen molar-refractivity contribution in [2.75, 3.05) is 13.1 Å². The van der Waals surface area contributed by atoms with Crippen LogP contribution in [0.2, 0.25) is 0 Å². The van der Waals surface area contributed by atoms with Crippen LogP contribution in [-0.4, -0.2) is 37.7 Å². The Morgan fingerprint density at radius 2 is 2.25 bits per heavy atom. The first kappa shape index (κ1) is 12.8. The predicted molar refractivity (Wildman–Crippen MR) is 72.6 cm³/mol. The van der Waals surface area contributed by atoms with Gasteiger partial charge >= 0.3 is 0 Å². The molecule has 1 aliphatic rings. The molecule has 2 aromatic heterocycles. The number of aryl methyl sites for hydroxylation is 1. The van der Waals surface area contributed by atoms with Crippen LogP contribution in [0.4, 0.5) is 0 Å². The van der Waals surface area contributed by atoms with E-state index in [1.54, 1.807) is 18.6 Å². The van der Waals surface area contributed by atoms with E-state index in [4.69, 9.17) is 5.26 Å². The fourth-order valence-electron chi connectivity index (χ4n) is 2.57. The molecule has 1 unspecified atom stereocenters. The summed E-state index contributed by atoms with van der Waals surface area (Å²) in [5.74, 6) is 0. The fourth-order valence-corrected chi connectivity index (χ4v) is 2.57. The van der Waals surface area contributed by atoms with Crippen molar-refractivity contribution >= 4 is 0 Å². The van der Waals surface area contributed by atoms with Gasteiger partial charge in [-0.1, -0.05) is 0 Å². The average Bonchev–Trinajstić information content (AvgIpc) is 3.10. The molecule has 0 saturated carbocycles. The molecule has 2 aromatic rings. The molecule has 0 N–H and O–H groups in total. The molecule has 0 bridgehead atoms. The van der Waals surface area contributed by atoms with Crippen molar-refractivity contribution in [3.8, 4) is 6.07 Å². The number of aromatic nitrogens is 4. The minimum atomic E-state index is 0.342. The lowest BCUT2D eigenvalue weighted by molar-refractivity contribution is 0.307. The summed E-state index contributed by atoms with van der Waals surface area (Å²) in [7, 11) is 0. The number of rotatable bonds is 3. The lowest BCUT2D eigenvalue weighted by atomic mass is 10.3. The van der Waals surface area contributed by atoms with Crippen LogP contribution < -0.4 is 0 Å². The topological polar surface area (TPSA) is 70.6 Å². The van der Waals surface area contributed by atoms with Crippen molar-refractivity contribution < 1.29 is 0 Å². The lowest BCUT2D eigenvalue weighted by Crippen LogP contribution is -2.22. The Morgan fingerprint density at radius 1 is 1.40 bits per heavy atom. The van der Waals surface area contributed by atoms with E-state index in [0.29, 0.717) is 11.6 Å². The number of nitriles is 1. The maximum atomic E-state index is 8.84. The molecule has 1 saturated heterocycles. The van der Waals surface area contributed by atoms with Gasteiger partial charge in [-0.15, -0.1) is 0 Å². The Morgan fingerprint density at radius 3 is 3.00 bits per heavy atom. The van der Waals surface area contributed by atoms with E-state index in [0.717, 1.165) is 37.4 Å². The van der Waals surface area contributed by atoms with Gasteiger partial charge in [-0.3, -0.25) is 19.5 Å². The van der Waals surface area contributed by atoms with Crippen LogP contribution in [0, 0.1) is 18.3 Å². The van der Waals surface area contributed by atoms with Crippen molar-refractivity contribution in [1.82, 2.24) is 24.6 Å². The van der Waals surface area contributed by atoms with Gasteiger partial charge in [0.2, 0.25) is 0 Å². The summed E-state index contributed by atoms with van der Waals surface area (Å²) in [6.45, 7) is 4.76. The van der Waals surface area contributed by atoms with Gasteiger partial charge in [0.05, 0.1) is 29.2 Å². The van der Waals surface area contributed by atoms with Gasteiger partial charge in [0.25, 0.3) is 0 Å². The second kappa shape index (κ2) is 5.39. The molecule has 0 amide bonds. The minimum Gasteiger partial charge on any atom is -0.295 e. The van der Waals surface area contributed by atoms with Gasteiger partial charge in [-0.25, -0.2) is 0 Å². The standard InChI is InChI=1S/C14H16N6/c1-11-14(17-4-3-16-11)10-19-5-2-13(9-19)20-8-12(6-15)7-18-20/h3-4,7-8,13H,2,5,9-10H2,1H3. The largest absolute Gasteiger partial charge is 0.295 e. The molecular formula is C14H16N6. The first-order chi connectivity index (χ1) is 9.76. The van der Waals surface area contributed by atoms with Crippen LogP contribution in [-0.2, 0) is 6.54 Å². The van der Waals surface area contributed by atoms with Crippen molar-refractivity contribution in [1.29, 1.82) is 5.26 Å². The van der Waals surface area contributed by atoms with E-state index in [9.17, 15) is 0 Å². The summed E-state index contributed by atoms with van der Waals surface area (Å²) in [4.78, 5) is 11.0. The molecular weight excluding hydrogens is 252 g/mol. The van der Waals surface area contributed by atoms with Gasteiger partial charge < -0.3 is 0 Å². The average molecular weight is 268 g/mol. The third-order valence-corrected chi connectivity index (χ3v) is 3.71. The molecule has 20 heavy (non-hydrogen) atoms. The van der Waals surface area contributed by atoms with Crippen molar-refractivity contribution in [2.24, 2.45) is 0 Å². The molecule has 0 spiro atoms. The Hall–Kier alpha value is -2.26. The van der Waals surface area contributed by atoms with Crippen LogP contribution in [0.15, 0.2) is 24.8 Å². The number of hydrogen-bond donors (Lipinski definition) is 0. The quantitative estimate of drug-likeness (QED) is 0.839. The van der Waals surface area contributed by atoms with Crippen molar-refractivity contribution in [3.63, 3.8) is 0 Å². The summed E-state index contributed by atoms with van der Waals surface area (Å²) >= 11 is 0. The van der Waals surface area contributed by atoms with Crippen LogP contribution >= 0.6 is 0 Å². The Balaban J connectivity index is 1.65. The maximum Gasteiger partial charge on any atom is 0.102 e. The summed E-state index contributed by atoms with van der Waals surface area (Å²) in [5.41, 5.74) is 2.64. The zero-order valence-electron chi connectivity index (χ0n) is 11.4. The molecule has 0 aliphatic carbocycles. The van der Waals surface area contributed by atoms with E-state index >= 15 is 0 Å². The monoisotopic (exact) mass is 268 g/mol. The highest BCUT2D eigenvalue weighted by atomic mass is 15.3. The maximum absolute atomic E-state index is 8.84. The zero-order valence-corrected chi connectivity index (χ0v) is 11.4. The highest BCUT2D eigenvalue weighted by Crippen LogP contribution is 2.22. The minimum absolute atomic E-state index is 0.342. The summed E-state index contributed by atoms with van der Waals surface area (Å²) in [5, 5.41) is 13.1. The summed E-state index contributed by atoms with van der Waals surface area (Å²) in [6, 6.07) is 2.46. The van der Waals surface area contributed by atoms with Crippen LogP contribution in [0.1, 0.15) is 29.4 Å². The van der Waals surface area contributed by atoms with Crippen molar-refractivity contribution in [2.45, 2.75) is 25.9 Å². The predicted octanol–water partition coefficient (Wildman–Crippen LogP) is 1.30. The van der Waals surface area contributed by atoms with Gasteiger partial charge in [-0.2, -0.15) is 10.4 Å². The Labute approximate surface area is 117 Å². The summed E-state index contributed by atoms with van der Waals surface area (Å²) in [6.07, 6.45) is 7.95. The van der Waals surface area contributed by atoms with Gasteiger partial charge in [0.15, 0.2) is 0 Å². The normalized spacial score (nSPS) is 19.1. The Kier molecular flexibility index (Phi) is 3.44. The van der Waals surface area contributed by atoms with Gasteiger partial charge in [0, 0.05) is 38.2 Å². The molecule has 1 atom stereocenters. The summed E-state index contributed by atoms with van der Waals surface area (Å²) < 4.78 is 1.90. The first-order valence-corrected chi connectivity index (χ1v) is 6.69. The third kappa shape index (κ3) is 2.53. The molecule has 0 aromatic carbocycles. The number of hydrogen-bond acceptors (Lipinski definition) is 5. The Bertz CT molecular complexity index is 641. The highest BCUT2D eigenvalue weighted by molar-refractivity contribution is 5.22. The van der Waals surface area contributed by atoms with Crippen LogP contribution in [0.3, 0.4) is 0 Å². The zero-order chi connectivity index (χ0) is 13.9. The first-order valence-electron chi connectivity index (χ1n) is 6.69. The van der Waals surface area contributed by atoms with Crippen LogP contribution in [0.25, 0.3) is 0 Å². The molecule has 6 nitrogen and oxygen atoms in total. The van der Waals surface area contributed by atoms with Gasteiger partial charge in [0.1, 0.15) is 6.07 Å². The van der Waals surface area contributed by atoms with Crippen molar-refractivity contribution in [3.05, 3.63) is 41.7 Å². The molecule has 3 heterocycles. The molecule has 0 radical (unpaired) electrons. The fraction of sp³-hybridized carbons (Fsp3) is 0.429. The smallest absolute Gasteiger partial charge is 0.102 e. The van der Waals surface area contributed by atoms with Gasteiger partial charge in [-0.05, 0) is 13.3 Å². The second-order valence-corrected chi connectivity index (χ2v) is 5.09. The van der Waals surface area contributed by atoms with Crippen LogP contribution in [0.5, 0.6) is 0 Å². The third-order valence-electron chi connectivity index (χ3n) is 3.71. The number of likely N-dealkylation sites (tertiary alicyclic amines) is 1. The SMILES string of the molecule is Cc1nccnc1CN1CCC(n2cc(C#N)cn2)C1. The molecule has 3 rings (SSSR count). The second-order valence-electron chi connectivity index (χ2n) is 5.09. The van der Waals surface area contributed by atoms with E-state index in [1.807, 2.05) is 17.8 Å². The van der Waals surface area contributed by atoms with E-state index in [2.05, 4.69) is 26.0 Å². The molecule has 1 aliphatic heterocycles. The molecule has 102 valence electrons. The highest BCUT2D eigenvalue weighted by Gasteiger charge is 2.25.